The summed E-state index contributed by atoms with van der Waals surface area (Å²) in [7, 11) is 1.57. The second-order valence-corrected chi connectivity index (χ2v) is 4.59. The van der Waals surface area contributed by atoms with E-state index in [-0.39, 0.29) is 17.8 Å². The molecule has 0 unspecified atom stereocenters. The average molecular weight is 210 g/mol. The van der Waals surface area contributed by atoms with Gasteiger partial charge in [-0.25, -0.2) is 0 Å². The van der Waals surface area contributed by atoms with Crippen LogP contribution in [0.5, 0.6) is 11.5 Å². The number of hydrogen-bond acceptors (Lipinski definition) is 3. The van der Waals surface area contributed by atoms with Gasteiger partial charge < -0.3 is 14.9 Å². The quantitative estimate of drug-likeness (QED) is 0.786. The number of aromatic hydroxyl groups is 1. The molecule has 0 bridgehead atoms. The first-order chi connectivity index (χ1) is 6.90. The first-order valence-electron chi connectivity index (χ1n) is 4.91. The molecule has 0 atom stereocenters. The first-order valence-corrected chi connectivity index (χ1v) is 4.91. The monoisotopic (exact) mass is 210 g/mol. The van der Waals surface area contributed by atoms with Crippen molar-refractivity contribution in [1.29, 1.82) is 0 Å². The Balaban J connectivity index is 3.37. The molecule has 0 heterocycles. The van der Waals surface area contributed by atoms with E-state index in [4.69, 9.17) is 9.84 Å². The van der Waals surface area contributed by atoms with E-state index < -0.39 is 0 Å². The van der Waals surface area contributed by atoms with Crippen molar-refractivity contribution in [2.24, 2.45) is 0 Å². The third-order valence-corrected chi connectivity index (χ3v) is 2.38. The van der Waals surface area contributed by atoms with Crippen LogP contribution in [0.15, 0.2) is 12.1 Å². The van der Waals surface area contributed by atoms with Gasteiger partial charge in [-0.1, -0.05) is 20.8 Å². The third kappa shape index (κ3) is 2.42. The molecule has 0 aliphatic rings. The number of rotatable bonds is 2. The fraction of sp³-hybridized carbons (Fsp3) is 0.500. The Hall–Kier alpha value is -1.22. The highest BCUT2D eigenvalue weighted by atomic mass is 16.5. The lowest BCUT2D eigenvalue weighted by atomic mass is 9.85. The summed E-state index contributed by atoms with van der Waals surface area (Å²) in [6.45, 7) is 5.82. The van der Waals surface area contributed by atoms with Crippen molar-refractivity contribution in [1.82, 2.24) is 0 Å². The van der Waals surface area contributed by atoms with Crippen LogP contribution in [0.2, 0.25) is 0 Å². The molecule has 15 heavy (non-hydrogen) atoms. The van der Waals surface area contributed by atoms with Gasteiger partial charge in [0.15, 0.2) is 0 Å². The van der Waals surface area contributed by atoms with E-state index in [1.807, 2.05) is 20.8 Å². The highest BCUT2D eigenvalue weighted by Crippen LogP contribution is 2.36. The van der Waals surface area contributed by atoms with Gasteiger partial charge >= 0.3 is 0 Å². The maximum atomic E-state index is 9.93. The molecular weight excluding hydrogens is 192 g/mol. The normalized spacial score (nSPS) is 11.5. The summed E-state index contributed by atoms with van der Waals surface area (Å²) in [6.07, 6.45) is 0. The van der Waals surface area contributed by atoms with Crippen molar-refractivity contribution >= 4 is 0 Å². The Morgan fingerprint density at radius 2 is 1.87 bits per heavy atom. The van der Waals surface area contributed by atoms with Crippen LogP contribution in [0.4, 0.5) is 0 Å². The molecule has 0 saturated heterocycles. The van der Waals surface area contributed by atoms with Crippen molar-refractivity contribution < 1.29 is 14.9 Å². The fourth-order valence-corrected chi connectivity index (χ4v) is 1.48. The molecule has 1 aromatic carbocycles. The van der Waals surface area contributed by atoms with Crippen LogP contribution < -0.4 is 4.74 Å². The van der Waals surface area contributed by atoms with Crippen LogP contribution in [0, 0.1) is 0 Å². The molecule has 1 rings (SSSR count). The standard InChI is InChI=1S/C12H18O3/c1-12(2,3)10-6-9(15-4)5-8(7-13)11(10)14/h5-6,13-14H,7H2,1-4H3. The van der Waals surface area contributed by atoms with E-state index in [1.165, 1.54) is 0 Å². The van der Waals surface area contributed by atoms with E-state index in [2.05, 4.69) is 0 Å². The molecule has 0 aliphatic heterocycles. The number of hydrogen-bond donors (Lipinski definition) is 2. The SMILES string of the molecule is COc1cc(CO)c(O)c(C(C)(C)C)c1. The minimum atomic E-state index is -0.188. The Morgan fingerprint density at radius 1 is 1.27 bits per heavy atom. The van der Waals surface area contributed by atoms with Gasteiger partial charge in [-0.05, 0) is 17.5 Å². The Bertz CT molecular complexity index is 351. The van der Waals surface area contributed by atoms with Gasteiger partial charge in [0.2, 0.25) is 0 Å². The molecule has 1 aromatic rings. The zero-order chi connectivity index (χ0) is 11.6. The van der Waals surface area contributed by atoms with E-state index in [0.29, 0.717) is 11.3 Å². The first kappa shape index (κ1) is 11.9. The molecule has 0 aliphatic carbocycles. The highest BCUT2D eigenvalue weighted by molar-refractivity contribution is 5.49. The van der Waals surface area contributed by atoms with Crippen molar-refractivity contribution in [2.75, 3.05) is 7.11 Å². The molecule has 3 nitrogen and oxygen atoms in total. The summed E-state index contributed by atoms with van der Waals surface area (Å²) in [5, 5.41) is 19.0. The number of benzene rings is 1. The summed E-state index contributed by atoms with van der Waals surface area (Å²) >= 11 is 0. The number of methoxy groups -OCH3 is 1. The highest BCUT2D eigenvalue weighted by Gasteiger charge is 2.21. The average Bonchev–Trinajstić information content (AvgIpc) is 2.16. The third-order valence-electron chi connectivity index (χ3n) is 2.38. The van der Waals surface area contributed by atoms with Crippen LogP contribution in [0.25, 0.3) is 0 Å². The summed E-state index contributed by atoms with van der Waals surface area (Å²) in [5.41, 5.74) is 1.10. The van der Waals surface area contributed by atoms with E-state index >= 15 is 0 Å². The van der Waals surface area contributed by atoms with Crippen molar-refractivity contribution in [3.63, 3.8) is 0 Å². The maximum Gasteiger partial charge on any atom is 0.125 e. The molecule has 0 saturated carbocycles. The Morgan fingerprint density at radius 3 is 2.27 bits per heavy atom. The van der Waals surface area contributed by atoms with Crippen LogP contribution >= 0.6 is 0 Å². The molecular formula is C12H18O3. The van der Waals surface area contributed by atoms with Crippen LogP contribution in [-0.4, -0.2) is 17.3 Å². The predicted molar refractivity (Wildman–Crippen MR) is 59.3 cm³/mol. The summed E-state index contributed by atoms with van der Waals surface area (Å²) in [4.78, 5) is 0. The van der Waals surface area contributed by atoms with E-state index in [1.54, 1.807) is 19.2 Å². The van der Waals surface area contributed by atoms with E-state index in [0.717, 1.165) is 5.56 Å². The molecule has 0 spiro atoms. The molecule has 0 aromatic heterocycles. The zero-order valence-electron chi connectivity index (χ0n) is 9.66. The zero-order valence-corrected chi connectivity index (χ0v) is 9.66. The lowest BCUT2D eigenvalue weighted by molar-refractivity contribution is 0.273. The predicted octanol–water partition coefficient (Wildman–Crippen LogP) is 2.19. The van der Waals surface area contributed by atoms with Crippen molar-refractivity contribution in [3.8, 4) is 11.5 Å². The smallest absolute Gasteiger partial charge is 0.125 e. The Kier molecular flexibility index (Phi) is 3.25. The van der Waals surface area contributed by atoms with Crippen LogP contribution in [0.3, 0.4) is 0 Å². The summed E-state index contributed by atoms with van der Waals surface area (Å²) in [6, 6.07) is 3.44. The fourth-order valence-electron chi connectivity index (χ4n) is 1.48. The van der Waals surface area contributed by atoms with Gasteiger partial charge in [-0.3, -0.25) is 0 Å². The van der Waals surface area contributed by atoms with Crippen molar-refractivity contribution in [2.45, 2.75) is 32.8 Å². The van der Waals surface area contributed by atoms with Gasteiger partial charge in [0.05, 0.1) is 13.7 Å². The van der Waals surface area contributed by atoms with Gasteiger partial charge in [0.25, 0.3) is 0 Å². The molecule has 3 heteroatoms. The summed E-state index contributed by atoms with van der Waals surface area (Å²) < 4.78 is 5.13. The number of aliphatic hydroxyl groups is 1. The summed E-state index contributed by atoms with van der Waals surface area (Å²) in [5.74, 6) is 0.813. The molecule has 0 amide bonds. The number of aliphatic hydroxyl groups excluding tert-OH is 1. The molecule has 0 fully saturated rings. The minimum absolute atomic E-state index is 0.158. The number of ether oxygens (including phenoxy) is 1. The van der Waals surface area contributed by atoms with Gasteiger partial charge in [0, 0.05) is 11.1 Å². The van der Waals surface area contributed by atoms with Crippen LogP contribution in [-0.2, 0) is 12.0 Å². The molecule has 2 N–H and O–H groups in total. The van der Waals surface area contributed by atoms with Gasteiger partial charge in [-0.15, -0.1) is 0 Å². The largest absolute Gasteiger partial charge is 0.507 e. The maximum absolute atomic E-state index is 9.93. The number of phenols is 1. The second-order valence-electron chi connectivity index (χ2n) is 4.59. The molecule has 84 valence electrons. The minimum Gasteiger partial charge on any atom is -0.507 e. The van der Waals surface area contributed by atoms with Gasteiger partial charge in [0.1, 0.15) is 11.5 Å². The topological polar surface area (TPSA) is 49.7 Å². The van der Waals surface area contributed by atoms with E-state index in [9.17, 15) is 5.11 Å². The van der Waals surface area contributed by atoms with Crippen LogP contribution in [0.1, 0.15) is 31.9 Å². The Labute approximate surface area is 90.3 Å². The van der Waals surface area contributed by atoms with Crippen molar-refractivity contribution in [3.05, 3.63) is 23.3 Å². The second kappa shape index (κ2) is 4.11. The lowest BCUT2D eigenvalue weighted by Gasteiger charge is -2.22. The lowest BCUT2D eigenvalue weighted by Crippen LogP contribution is -2.12. The van der Waals surface area contributed by atoms with Gasteiger partial charge in [-0.2, -0.15) is 0 Å². The molecule has 0 radical (unpaired) electrons.